The molecule has 2 amide bonds. The van der Waals surface area contributed by atoms with E-state index in [1.807, 2.05) is 0 Å². The number of nitrogens with two attached hydrogens (primary N) is 1. The molecule has 7 heteroatoms. The van der Waals surface area contributed by atoms with Gasteiger partial charge in [-0.25, -0.2) is 4.79 Å². The molecule has 2 heterocycles. The molecule has 18 heavy (non-hydrogen) atoms. The maximum absolute atomic E-state index is 11.9. The second-order valence-corrected chi connectivity index (χ2v) is 4.93. The molecule has 0 bridgehead atoms. The van der Waals surface area contributed by atoms with Crippen molar-refractivity contribution in [2.24, 2.45) is 5.73 Å². The number of piperazine rings is 1. The fraction of sp³-hybridized carbons (Fsp3) is 0.545. The molecule has 1 aliphatic rings. The molecule has 0 radical (unpaired) electrons. The van der Waals surface area contributed by atoms with E-state index in [1.54, 1.807) is 17.0 Å². The fourth-order valence-corrected chi connectivity index (χ4v) is 2.23. The summed E-state index contributed by atoms with van der Waals surface area (Å²) in [7, 11) is 0. The van der Waals surface area contributed by atoms with Crippen molar-refractivity contribution in [2.45, 2.75) is 0 Å². The average Bonchev–Trinajstić information content (AvgIpc) is 2.76. The van der Waals surface area contributed by atoms with Gasteiger partial charge in [-0.05, 0) is 22.0 Å². The number of furan rings is 1. The predicted octanol–water partition coefficient (Wildman–Crippen LogP) is 1.15. The highest BCUT2D eigenvalue weighted by atomic mass is 79.9. The second kappa shape index (κ2) is 6.21. The van der Waals surface area contributed by atoms with Gasteiger partial charge < -0.3 is 15.1 Å². The summed E-state index contributed by atoms with van der Waals surface area (Å²) in [5, 5.41) is 2.73. The lowest BCUT2D eigenvalue weighted by atomic mass is 10.3. The molecule has 1 aromatic rings. The maximum atomic E-state index is 11.9. The first-order chi connectivity index (χ1) is 8.69. The number of halogens is 1. The Morgan fingerprint density at radius 2 is 2.11 bits per heavy atom. The minimum Gasteiger partial charge on any atom is -0.434 e. The van der Waals surface area contributed by atoms with Gasteiger partial charge >= 0.3 is 6.03 Å². The van der Waals surface area contributed by atoms with Crippen molar-refractivity contribution in [3.63, 3.8) is 0 Å². The average molecular weight is 317 g/mol. The molecule has 1 aliphatic heterocycles. The molecule has 0 spiro atoms. The number of rotatable bonds is 3. The van der Waals surface area contributed by atoms with Crippen LogP contribution in [0, 0.1) is 0 Å². The van der Waals surface area contributed by atoms with Crippen LogP contribution in [0.5, 0.6) is 0 Å². The van der Waals surface area contributed by atoms with Gasteiger partial charge in [0.25, 0.3) is 0 Å². The summed E-state index contributed by atoms with van der Waals surface area (Å²) in [5.74, 6) is 0.455. The predicted molar refractivity (Wildman–Crippen MR) is 72.5 cm³/mol. The van der Waals surface area contributed by atoms with Crippen LogP contribution in [-0.2, 0) is 0 Å². The third-order valence-corrected chi connectivity index (χ3v) is 3.33. The highest BCUT2D eigenvalue weighted by Crippen LogP contribution is 2.18. The largest absolute Gasteiger partial charge is 0.434 e. The molecular formula is C11H17BrN4O2. The monoisotopic (exact) mass is 316 g/mol. The molecule has 2 rings (SSSR count). The van der Waals surface area contributed by atoms with Crippen LogP contribution in [-0.4, -0.2) is 55.1 Å². The molecule has 3 N–H and O–H groups in total. The third kappa shape index (κ3) is 3.47. The van der Waals surface area contributed by atoms with Crippen molar-refractivity contribution in [3.8, 4) is 0 Å². The molecule has 0 unspecified atom stereocenters. The van der Waals surface area contributed by atoms with Crippen molar-refractivity contribution in [1.82, 2.24) is 9.80 Å². The van der Waals surface area contributed by atoms with E-state index in [4.69, 9.17) is 10.2 Å². The summed E-state index contributed by atoms with van der Waals surface area (Å²) >= 11 is 3.19. The first-order valence-corrected chi connectivity index (χ1v) is 6.72. The number of urea groups is 1. The molecule has 1 saturated heterocycles. The van der Waals surface area contributed by atoms with Gasteiger partial charge in [0.15, 0.2) is 4.67 Å². The number of carbonyl (C=O) groups excluding carboxylic acids is 1. The summed E-state index contributed by atoms with van der Waals surface area (Å²) in [6.07, 6.45) is 0. The Hall–Kier alpha value is -1.05. The van der Waals surface area contributed by atoms with Gasteiger partial charge in [-0.2, -0.15) is 0 Å². The van der Waals surface area contributed by atoms with Crippen molar-refractivity contribution >= 4 is 27.8 Å². The standard InChI is InChI=1S/C11H17BrN4O2/c12-9-1-2-10(18-9)14-11(17)16-7-5-15(4-3-13)6-8-16/h1-2H,3-8,13H2,(H,14,17). The van der Waals surface area contributed by atoms with Crippen LogP contribution < -0.4 is 11.1 Å². The van der Waals surface area contributed by atoms with E-state index in [0.717, 1.165) is 19.6 Å². The molecule has 0 saturated carbocycles. The molecule has 6 nitrogen and oxygen atoms in total. The summed E-state index contributed by atoms with van der Waals surface area (Å²) in [4.78, 5) is 16.0. The van der Waals surface area contributed by atoms with E-state index in [0.29, 0.717) is 30.2 Å². The van der Waals surface area contributed by atoms with E-state index >= 15 is 0 Å². The van der Waals surface area contributed by atoms with E-state index < -0.39 is 0 Å². The minimum absolute atomic E-state index is 0.121. The lowest BCUT2D eigenvalue weighted by Crippen LogP contribution is -2.50. The molecular weight excluding hydrogens is 300 g/mol. The summed E-state index contributed by atoms with van der Waals surface area (Å²) in [5.41, 5.74) is 5.51. The zero-order valence-corrected chi connectivity index (χ0v) is 11.6. The summed E-state index contributed by atoms with van der Waals surface area (Å²) in [6.45, 7) is 4.72. The van der Waals surface area contributed by atoms with Crippen molar-refractivity contribution in [2.75, 3.05) is 44.6 Å². The highest BCUT2D eigenvalue weighted by Gasteiger charge is 2.21. The van der Waals surface area contributed by atoms with Gasteiger partial charge in [0.05, 0.1) is 0 Å². The number of hydrogen-bond acceptors (Lipinski definition) is 4. The maximum Gasteiger partial charge on any atom is 0.324 e. The Morgan fingerprint density at radius 1 is 1.39 bits per heavy atom. The zero-order chi connectivity index (χ0) is 13.0. The normalized spacial score (nSPS) is 16.9. The van der Waals surface area contributed by atoms with Crippen molar-refractivity contribution in [3.05, 3.63) is 16.8 Å². The smallest absolute Gasteiger partial charge is 0.324 e. The number of nitrogens with one attached hydrogen (secondary N) is 1. The SMILES string of the molecule is NCCN1CCN(C(=O)Nc2ccc(Br)o2)CC1. The number of hydrogen-bond donors (Lipinski definition) is 2. The van der Waals surface area contributed by atoms with Crippen molar-refractivity contribution < 1.29 is 9.21 Å². The minimum atomic E-state index is -0.121. The number of carbonyl (C=O) groups is 1. The number of nitrogens with zero attached hydrogens (tertiary/aromatic N) is 2. The Balaban J connectivity index is 1.80. The molecule has 0 aliphatic carbocycles. The van der Waals surface area contributed by atoms with E-state index in [-0.39, 0.29) is 6.03 Å². The fourth-order valence-electron chi connectivity index (χ4n) is 1.92. The number of amides is 2. The van der Waals surface area contributed by atoms with E-state index in [9.17, 15) is 4.79 Å². The van der Waals surface area contributed by atoms with Crippen LogP contribution in [0.4, 0.5) is 10.7 Å². The third-order valence-electron chi connectivity index (χ3n) is 2.91. The Bertz CT molecular complexity index is 402. The topological polar surface area (TPSA) is 74.7 Å². The van der Waals surface area contributed by atoms with Crippen LogP contribution in [0.15, 0.2) is 21.2 Å². The highest BCUT2D eigenvalue weighted by molar-refractivity contribution is 9.10. The van der Waals surface area contributed by atoms with Crippen LogP contribution in [0.2, 0.25) is 0 Å². The summed E-state index contributed by atoms with van der Waals surface area (Å²) in [6, 6.07) is 3.34. The van der Waals surface area contributed by atoms with Gasteiger partial charge in [0, 0.05) is 45.3 Å². The Kier molecular flexibility index (Phi) is 4.62. The molecule has 0 atom stereocenters. The lowest BCUT2D eigenvalue weighted by molar-refractivity contribution is 0.149. The van der Waals surface area contributed by atoms with E-state index in [1.165, 1.54) is 0 Å². The lowest BCUT2D eigenvalue weighted by Gasteiger charge is -2.34. The number of anilines is 1. The first-order valence-electron chi connectivity index (χ1n) is 5.93. The van der Waals surface area contributed by atoms with E-state index in [2.05, 4.69) is 26.1 Å². The quantitative estimate of drug-likeness (QED) is 0.877. The van der Waals surface area contributed by atoms with Gasteiger partial charge in [0.1, 0.15) is 0 Å². The zero-order valence-electron chi connectivity index (χ0n) is 10.1. The Labute approximate surface area is 114 Å². The van der Waals surface area contributed by atoms with Crippen LogP contribution in [0.1, 0.15) is 0 Å². The van der Waals surface area contributed by atoms with Crippen LogP contribution in [0.3, 0.4) is 0 Å². The van der Waals surface area contributed by atoms with Crippen LogP contribution >= 0.6 is 15.9 Å². The van der Waals surface area contributed by atoms with Gasteiger partial charge in [-0.1, -0.05) is 0 Å². The molecule has 100 valence electrons. The van der Waals surface area contributed by atoms with Gasteiger partial charge in [-0.3, -0.25) is 10.2 Å². The molecule has 1 aromatic heterocycles. The van der Waals surface area contributed by atoms with Crippen LogP contribution in [0.25, 0.3) is 0 Å². The molecule has 1 fully saturated rings. The first kappa shape index (κ1) is 13.4. The van der Waals surface area contributed by atoms with Gasteiger partial charge in [0.2, 0.25) is 5.88 Å². The second-order valence-electron chi connectivity index (χ2n) is 4.15. The molecule has 0 aromatic carbocycles. The van der Waals surface area contributed by atoms with Gasteiger partial charge in [-0.15, -0.1) is 0 Å². The van der Waals surface area contributed by atoms with Crippen molar-refractivity contribution in [1.29, 1.82) is 0 Å². The Morgan fingerprint density at radius 3 is 2.67 bits per heavy atom. The summed E-state index contributed by atoms with van der Waals surface area (Å²) < 4.78 is 5.84.